The fourth-order valence-electron chi connectivity index (χ4n) is 2.51. The summed E-state index contributed by atoms with van der Waals surface area (Å²) in [6.07, 6.45) is -1.70. The maximum atomic E-state index is 12.2. The van der Waals surface area contributed by atoms with Gasteiger partial charge >= 0.3 is 5.97 Å². The maximum Gasteiger partial charge on any atom is 0.356 e. The monoisotopic (exact) mass is 335 g/mol. The molecule has 1 aromatic heterocycles. The number of carbonyl (C=O) groups excluding carboxylic acids is 2. The number of aliphatic hydroxyl groups is 1. The smallest absolute Gasteiger partial charge is 0.356 e. The van der Waals surface area contributed by atoms with Gasteiger partial charge in [-0.2, -0.15) is 0 Å². The van der Waals surface area contributed by atoms with Gasteiger partial charge in [0, 0.05) is 26.2 Å². The van der Waals surface area contributed by atoms with E-state index in [0.29, 0.717) is 19.0 Å². The van der Waals surface area contributed by atoms with Crippen molar-refractivity contribution < 1.29 is 19.4 Å². The van der Waals surface area contributed by atoms with Crippen molar-refractivity contribution in [3.8, 4) is 11.8 Å². The van der Waals surface area contributed by atoms with Crippen molar-refractivity contribution >= 4 is 17.8 Å². The molecule has 1 fully saturated rings. The molecular formula is C15H21N5O4. The van der Waals surface area contributed by atoms with Crippen LogP contribution in [0.25, 0.3) is 0 Å². The molecule has 1 atom stereocenters. The number of anilines is 1. The van der Waals surface area contributed by atoms with Gasteiger partial charge < -0.3 is 25.8 Å². The molecule has 0 radical (unpaired) electrons. The van der Waals surface area contributed by atoms with Crippen LogP contribution in [0.15, 0.2) is 0 Å². The highest BCUT2D eigenvalue weighted by molar-refractivity contribution is 5.92. The molecule has 1 unspecified atom stereocenters. The molecule has 9 nitrogen and oxygen atoms in total. The lowest BCUT2D eigenvalue weighted by Crippen LogP contribution is -2.44. The first-order valence-corrected chi connectivity index (χ1v) is 7.52. The number of imidazole rings is 1. The van der Waals surface area contributed by atoms with E-state index in [9.17, 15) is 14.7 Å². The zero-order valence-corrected chi connectivity index (χ0v) is 13.7. The van der Waals surface area contributed by atoms with E-state index in [2.05, 4.69) is 22.1 Å². The van der Waals surface area contributed by atoms with Gasteiger partial charge in [0.1, 0.15) is 5.69 Å². The summed E-state index contributed by atoms with van der Waals surface area (Å²) in [6, 6.07) is 0. The number of nitrogens with two attached hydrogens (primary N) is 1. The van der Waals surface area contributed by atoms with Crippen LogP contribution in [0, 0.1) is 11.8 Å². The molecule has 130 valence electrons. The minimum Gasteiger partial charge on any atom is -0.464 e. The molecule has 24 heavy (non-hydrogen) atoms. The number of hydrogen-bond acceptors (Lipinski definition) is 7. The summed E-state index contributed by atoms with van der Waals surface area (Å²) in [6.45, 7) is 4.71. The van der Waals surface area contributed by atoms with Crippen LogP contribution >= 0.6 is 0 Å². The number of primary amides is 1. The van der Waals surface area contributed by atoms with Crippen molar-refractivity contribution in [1.29, 1.82) is 0 Å². The molecule has 1 amide bonds. The quantitative estimate of drug-likeness (QED) is 0.448. The largest absolute Gasteiger partial charge is 0.464 e. The van der Waals surface area contributed by atoms with Crippen LogP contribution in [0.5, 0.6) is 0 Å². The van der Waals surface area contributed by atoms with Gasteiger partial charge in [-0.05, 0) is 6.92 Å². The normalized spacial score (nSPS) is 15.4. The van der Waals surface area contributed by atoms with Gasteiger partial charge in [0.25, 0.3) is 5.91 Å². The number of esters is 1. The molecule has 1 aliphatic heterocycles. The fraction of sp³-hybridized carbons (Fsp3) is 0.533. The summed E-state index contributed by atoms with van der Waals surface area (Å²) < 4.78 is 6.34. The molecule has 0 saturated carbocycles. The van der Waals surface area contributed by atoms with Crippen LogP contribution in [0.3, 0.4) is 0 Å². The van der Waals surface area contributed by atoms with Gasteiger partial charge in [-0.25, -0.2) is 9.78 Å². The number of aromatic nitrogens is 2. The van der Waals surface area contributed by atoms with Gasteiger partial charge in [0.15, 0.2) is 11.8 Å². The first-order valence-electron chi connectivity index (χ1n) is 7.52. The summed E-state index contributed by atoms with van der Waals surface area (Å²) in [4.78, 5) is 29.9. The van der Waals surface area contributed by atoms with Crippen molar-refractivity contribution in [2.45, 2.75) is 19.6 Å². The predicted molar refractivity (Wildman–Crippen MR) is 86.3 cm³/mol. The Kier molecular flexibility index (Phi) is 5.78. The number of nitrogens with zero attached hydrogens (tertiary/aromatic N) is 3. The molecule has 0 bridgehead atoms. The third-order valence-electron chi connectivity index (χ3n) is 3.70. The topological polar surface area (TPSA) is 123 Å². The van der Waals surface area contributed by atoms with E-state index in [1.165, 1.54) is 7.11 Å². The van der Waals surface area contributed by atoms with E-state index in [4.69, 9.17) is 10.5 Å². The highest BCUT2D eigenvalue weighted by Gasteiger charge is 2.32. The zero-order chi connectivity index (χ0) is 17.7. The first-order chi connectivity index (χ1) is 11.5. The van der Waals surface area contributed by atoms with Crippen molar-refractivity contribution in [2.75, 3.05) is 38.2 Å². The Hall–Kier alpha value is -2.57. The number of piperazine rings is 1. The highest BCUT2D eigenvalue weighted by Crippen LogP contribution is 2.26. The van der Waals surface area contributed by atoms with Gasteiger partial charge in [-0.1, -0.05) is 5.92 Å². The lowest BCUT2D eigenvalue weighted by Gasteiger charge is -2.28. The van der Waals surface area contributed by atoms with Crippen LogP contribution in [-0.4, -0.2) is 59.8 Å². The second kappa shape index (κ2) is 7.81. The number of amides is 1. The molecular weight excluding hydrogens is 314 g/mol. The molecule has 4 N–H and O–H groups in total. The van der Waals surface area contributed by atoms with Crippen LogP contribution in [-0.2, 0) is 16.1 Å². The van der Waals surface area contributed by atoms with E-state index >= 15 is 0 Å². The maximum absolute atomic E-state index is 12.2. The minimum atomic E-state index is -1.70. The number of hydrogen-bond donors (Lipinski definition) is 3. The van der Waals surface area contributed by atoms with Crippen LogP contribution in [0.2, 0.25) is 0 Å². The summed E-state index contributed by atoms with van der Waals surface area (Å²) in [5.74, 6) is 4.38. The molecule has 0 aliphatic carbocycles. The summed E-state index contributed by atoms with van der Waals surface area (Å²) in [7, 11) is 1.22. The number of ether oxygens (including phenoxy) is 1. The Morgan fingerprint density at radius 2 is 2.12 bits per heavy atom. The SMILES string of the molecule is CC#CCn1c(N2CCNCC2)nc(C(O)C(N)=O)c1C(=O)OC. The van der Waals surface area contributed by atoms with Crippen LogP contribution in [0.1, 0.15) is 29.2 Å². The van der Waals surface area contributed by atoms with E-state index in [-0.39, 0.29) is 17.9 Å². The van der Waals surface area contributed by atoms with Crippen LogP contribution in [0.4, 0.5) is 5.95 Å². The minimum absolute atomic E-state index is 0.0138. The third kappa shape index (κ3) is 3.50. The number of methoxy groups -OCH3 is 1. The lowest BCUT2D eigenvalue weighted by molar-refractivity contribution is -0.126. The molecule has 2 heterocycles. The Morgan fingerprint density at radius 1 is 1.46 bits per heavy atom. The summed E-state index contributed by atoms with van der Waals surface area (Å²) in [5, 5.41) is 13.3. The number of aliphatic hydroxyl groups excluding tert-OH is 1. The highest BCUT2D eigenvalue weighted by atomic mass is 16.5. The molecule has 1 aliphatic rings. The van der Waals surface area contributed by atoms with E-state index < -0.39 is 18.0 Å². The Morgan fingerprint density at radius 3 is 2.67 bits per heavy atom. The zero-order valence-electron chi connectivity index (χ0n) is 13.7. The lowest BCUT2D eigenvalue weighted by atomic mass is 10.2. The Balaban J connectivity index is 2.60. The number of carbonyl (C=O) groups is 2. The van der Waals surface area contributed by atoms with E-state index in [1.807, 2.05) is 4.90 Å². The molecule has 0 aromatic carbocycles. The van der Waals surface area contributed by atoms with Crippen molar-refractivity contribution in [1.82, 2.24) is 14.9 Å². The van der Waals surface area contributed by atoms with Gasteiger partial charge in [0.2, 0.25) is 5.95 Å². The van der Waals surface area contributed by atoms with E-state index in [1.54, 1.807) is 11.5 Å². The molecule has 9 heteroatoms. The predicted octanol–water partition coefficient (Wildman–Crippen LogP) is -1.38. The van der Waals surface area contributed by atoms with Gasteiger partial charge in [0.05, 0.1) is 13.7 Å². The van der Waals surface area contributed by atoms with Crippen molar-refractivity contribution in [3.63, 3.8) is 0 Å². The summed E-state index contributed by atoms with van der Waals surface area (Å²) in [5.41, 5.74) is 5.05. The first kappa shape index (κ1) is 17.8. The molecule has 0 spiro atoms. The van der Waals surface area contributed by atoms with Crippen LogP contribution < -0.4 is 16.0 Å². The number of rotatable bonds is 5. The molecule has 1 saturated heterocycles. The van der Waals surface area contributed by atoms with Crippen molar-refractivity contribution in [3.05, 3.63) is 11.4 Å². The second-order valence-corrected chi connectivity index (χ2v) is 5.19. The van der Waals surface area contributed by atoms with Crippen molar-refractivity contribution in [2.24, 2.45) is 5.73 Å². The van der Waals surface area contributed by atoms with Gasteiger partial charge in [-0.3, -0.25) is 9.36 Å². The summed E-state index contributed by atoms with van der Waals surface area (Å²) >= 11 is 0. The third-order valence-corrected chi connectivity index (χ3v) is 3.70. The average molecular weight is 335 g/mol. The van der Waals surface area contributed by atoms with Gasteiger partial charge in [-0.15, -0.1) is 5.92 Å². The Bertz CT molecular complexity index is 682. The average Bonchev–Trinajstić information content (AvgIpc) is 2.98. The Labute approximate surface area is 139 Å². The second-order valence-electron chi connectivity index (χ2n) is 5.19. The fourth-order valence-corrected chi connectivity index (χ4v) is 2.51. The van der Waals surface area contributed by atoms with E-state index in [0.717, 1.165) is 13.1 Å². The number of nitrogens with one attached hydrogen (secondary N) is 1. The standard InChI is InChI=1S/C15H21N5O4/c1-3-4-7-20-11(14(23)24-2)10(12(21)13(16)22)18-15(20)19-8-5-17-6-9-19/h12,17,21H,5-9H2,1-2H3,(H2,16,22). The molecule has 1 aromatic rings. The molecule has 2 rings (SSSR count).